The van der Waals surface area contributed by atoms with E-state index in [0.29, 0.717) is 55.2 Å². The molecule has 178 valence electrons. The number of amides is 1. The molecule has 0 spiro atoms. The highest BCUT2D eigenvalue weighted by molar-refractivity contribution is 5.94. The molecule has 11 nitrogen and oxygen atoms in total. The molecule has 4 rings (SSSR count). The number of H-pyrrole nitrogens is 1. The third-order valence-electron chi connectivity index (χ3n) is 6.24. The van der Waals surface area contributed by atoms with Gasteiger partial charge < -0.3 is 4.90 Å². The monoisotopic (exact) mass is 471 g/mol. The zero-order valence-corrected chi connectivity index (χ0v) is 19.5. The number of benzene rings is 1. The van der Waals surface area contributed by atoms with Crippen molar-refractivity contribution in [2.45, 2.75) is 19.9 Å². The van der Waals surface area contributed by atoms with E-state index in [-0.39, 0.29) is 17.5 Å². The van der Waals surface area contributed by atoms with Crippen LogP contribution in [0.15, 0.2) is 52.6 Å². The van der Waals surface area contributed by atoms with Gasteiger partial charge in [0.25, 0.3) is 11.5 Å². The van der Waals surface area contributed by atoms with Crippen LogP contribution in [0.1, 0.15) is 28.4 Å². The molecule has 1 amide bonds. The first-order valence-corrected chi connectivity index (χ1v) is 11.2. The first kappa shape index (κ1) is 23.8. The minimum atomic E-state index is -0.268. The highest BCUT2D eigenvalue weighted by Crippen LogP contribution is 2.21. The third kappa shape index (κ3) is 4.94. The molecule has 3 aromatic rings. The lowest BCUT2D eigenvalue weighted by molar-refractivity contribution is 0.0522. The lowest BCUT2D eigenvalue weighted by Crippen LogP contribution is -2.54. The molecule has 1 aliphatic rings. The standard InChI is InChI=1S/C24H25N9O2/c1-16-11-18(12-25)3-5-20(16)21-14-29-33(24(21)35)22-6-4-19(13-27-22)23(34)32-10-9-31(17(2)15-32)8-7-28-30-26/h3-6,11,13-14,17,29H,7-10,15H2,1-2H3/t17-/m0/s1. The highest BCUT2D eigenvalue weighted by atomic mass is 16.2. The molecular formula is C24H25N9O2. The van der Waals surface area contributed by atoms with Crippen molar-refractivity contribution in [2.75, 3.05) is 32.7 Å². The first-order chi connectivity index (χ1) is 16.9. The smallest absolute Gasteiger partial charge is 0.280 e. The van der Waals surface area contributed by atoms with Gasteiger partial charge in [-0.1, -0.05) is 11.2 Å². The number of piperazine rings is 1. The van der Waals surface area contributed by atoms with Crippen LogP contribution in [0, 0.1) is 18.3 Å². The number of azide groups is 1. The number of nitrogens with zero attached hydrogens (tertiary/aromatic N) is 8. The van der Waals surface area contributed by atoms with Gasteiger partial charge in [0.1, 0.15) is 0 Å². The van der Waals surface area contributed by atoms with Gasteiger partial charge >= 0.3 is 0 Å². The number of hydrogen-bond acceptors (Lipinski definition) is 6. The summed E-state index contributed by atoms with van der Waals surface area (Å²) < 4.78 is 1.33. The molecule has 3 heterocycles. The summed E-state index contributed by atoms with van der Waals surface area (Å²) in [4.78, 5) is 37.2. The van der Waals surface area contributed by atoms with Crippen LogP contribution < -0.4 is 5.56 Å². The summed E-state index contributed by atoms with van der Waals surface area (Å²) in [6, 6.07) is 10.7. The van der Waals surface area contributed by atoms with E-state index < -0.39 is 0 Å². The van der Waals surface area contributed by atoms with Gasteiger partial charge in [-0.05, 0) is 54.8 Å². The average Bonchev–Trinajstić information content (AvgIpc) is 3.25. The van der Waals surface area contributed by atoms with Crippen molar-refractivity contribution in [2.24, 2.45) is 5.11 Å². The predicted octanol–water partition coefficient (Wildman–Crippen LogP) is 2.86. The fourth-order valence-electron chi connectivity index (χ4n) is 4.33. The topological polar surface area (TPSA) is 147 Å². The number of carbonyl (C=O) groups is 1. The summed E-state index contributed by atoms with van der Waals surface area (Å²) in [5, 5.41) is 15.6. The number of rotatable bonds is 6. The molecule has 0 radical (unpaired) electrons. The quantitative estimate of drug-likeness (QED) is 0.333. The SMILES string of the molecule is Cc1cc(C#N)ccc1-c1c[nH]n(-c2ccc(C(=O)N3CCN(CCN=[N+]=[N-])[C@@H](C)C3)cn2)c1=O. The van der Waals surface area contributed by atoms with Gasteiger partial charge in [-0.25, -0.2) is 9.67 Å². The van der Waals surface area contributed by atoms with E-state index in [1.807, 2.05) is 13.8 Å². The van der Waals surface area contributed by atoms with Gasteiger partial charge in [-0.3, -0.25) is 19.6 Å². The fraction of sp³-hybridized carbons (Fsp3) is 0.333. The second-order valence-electron chi connectivity index (χ2n) is 8.46. The summed E-state index contributed by atoms with van der Waals surface area (Å²) in [6.45, 7) is 6.82. The van der Waals surface area contributed by atoms with Gasteiger partial charge in [0.15, 0.2) is 5.82 Å². The Labute approximate surface area is 201 Å². The largest absolute Gasteiger partial charge is 0.336 e. The van der Waals surface area contributed by atoms with Gasteiger partial charge in [-0.2, -0.15) is 5.26 Å². The lowest BCUT2D eigenvalue weighted by atomic mass is 10.0. The van der Waals surface area contributed by atoms with Crippen molar-refractivity contribution in [3.63, 3.8) is 0 Å². The van der Waals surface area contributed by atoms with Crippen LogP contribution in [0.3, 0.4) is 0 Å². The Hall–Kier alpha value is -4.39. The van der Waals surface area contributed by atoms with Crippen molar-refractivity contribution in [3.05, 3.63) is 80.2 Å². The molecule has 1 fully saturated rings. The Bertz CT molecular complexity index is 1380. The van der Waals surface area contributed by atoms with Crippen molar-refractivity contribution in [3.8, 4) is 23.0 Å². The molecule has 1 aliphatic heterocycles. The number of nitriles is 1. The number of nitrogens with one attached hydrogen (secondary N) is 1. The van der Waals surface area contributed by atoms with Crippen LogP contribution in [0.5, 0.6) is 0 Å². The third-order valence-corrected chi connectivity index (χ3v) is 6.24. The summed E-state index contributed by atoms with van der Waals surface area (Å²) in [6.07, 6.45) is 3.09. The summed E-state index contributed by atoms with van der Waals surface area (Å²) >= 11 is 0. The molecule has 0 unspecified atom stereocenters. The number of aromatic nitrogens is 3. The molecule has 1 N–H and O–H groups in total. The molecule has 1 saturated heterocycles. The number of aromatic amines is 1. The van der Waals surface area contributed by atoms with E-state index in [0.717, 1.165) is 11.1 Å². The van der Waals surface area contributed by atoms with E-state index in [1.54, 1.807) is 41.4 Å². The van der Waals surface area contributed by atoms with Gasteiger partial charge in [0.2, 0.25) is 0 Å². The van der Waals surface area contributed by atoms with Gasteiger partial charge in [0.05, 0.1) is 22.8 Å². The van der Waals surface area contributed by atoms with Crippen molar-refractivity contribution in [1.29, 1.82) is 5.26 Å². The van der Waals surface area contributed by atoms with Crippen LogP contribution >= 0.6 is 0 Å². The van der Waals surface area contributed by atoms with E-state index in [2.05, 4.69) is 31.1 Å². The fourth-order valence-corrected chi connectivity index (χ4v) is 4.33. The van der Waals surface area contributed by atoms with Crippen LogP contribution in [0.2, 0.25) is 0 Å². The molecule has 0 aliphatic carbocycles. The molecule has 1 atom stereocenters. The average molecular weight is 472 g/mol. The van der Waals surface area contributed by atoms with E-state index in [4.69, 9.17) is 10.8 Å². The Morgan fingerprint density at radius 2 is 2.14 bits per heavy atom. The van der Waals surface area contributed by atoms with Crippen molar-refractivity contribution in [1.82, 2.24) is 24.6 Å². The maximum atomic E-state index is 13.0. The van der Waals surface area contributed by atoms with Gasteiger partial charge in [0, 0.05) is 56.1 Å². The normalized spacial score (nSPS) is 15.9. The first-order valence-electron chi connectivity index (χ1n) is 11.2. The highest BCUT2D eigenvalue weighted by Gasteiger charge is 2.27. The number of carbonyl (C=O) groups excluding carboxylic acids is 1. The molecule has 0 bridgehead atoms. The van der Waals surface area contributed by atoms with Crippen LogP contribution in [0.25, 0.3) is 27.4 Å². The zero-order chi connectivity index (χ0) is 24.9. The number of aryl methyl sites for hydroxylation is 1. The molecule has 1 aromatic carbocycles. The second kappa shape index (κ2) is 10.3. The molecule has 2 aromatic heterocycles. The Kier molecular flexibility index (Phi) is 6.96. The Balaban J connectivity index is 1.47. The summed E-state index contributed by atoms with van der Waals surface area (Å²) in [7, 11) is 0. The van der Waals surface area contributed by atoms with Crippen LogP contribution in [0.4, 0.5) is 0 Å². The molecule has 0 saturated carbocycles. The molecule has 35 heavy (non-hydrogen) atoms. The minimum Gasteiger partial charge on any atom is -0.336 e. The predicted molar refractivity (Wildman–Crippen MR) is 130 cm³/mol. The van der Waals surface area contributed by atoms with Crippen LogP contribution in [-0.2, 0) is 0 Å². The number of pyridine rings is 1. The van der Waals surface area contributed by atoms with E-state index >= 15 is 0 Å². The molecular weight excluding hydrogens is 446 g/mol. The summed E-state index contributed by atoms with van der Waals surface area (Å²) in [5.41, 5.74) is 11.2. The van der Waals surface area contributed by atoms with E-state index in [9.17, 15) is 9.59 Å². The molecule has 11 heteroatoms. The van der Waals surface area contributed by atoms with Crippen molar-refractivity contribution >= 4 is 5.91 Å². The Morgan fingerprint density at radius 3 is 2.80 bits per heavy atom. The minimum absolute atomic E-state index is 0.113. The zero-order valence-electron chi connectivity index (χ0n) is 19.5. The lowest BCUT2D eigenvalue weighted by Gasteiger charge is -2.39. The number of hydrogen-bond donors (Lipinski definition) is 1. The van der Waals surface area contributed by atoms with Gasteiger partial charge in [-0.15, -0.1) is 0 Å². The second-order valence-corrected chi connectivity index (χ2v) is 8.46. The van der Waals surface area contributed by atoms with Crippen molar-refractivity contribution < 1.29 is 4.79 Å². The summed E-state index contributed by atoms with van der Waals surface area (Å²) in [5.74, 6) is 0.263. The maximum absolute atomic E-state index is 13.0. The van der Waals surface area contributed by atoms with E-state index in [1.165, 1.54) is 10.9 Å². The van der Waals surface area contributed by atoms with Crippen LogP contribution in [-0.4, -0.2) is 69.2 Å². The maximum Gasteiger partial charge on any atom is 0.280 e. The Morgan fingerprint density at radius 1 is 1.31 bits per heavy atom.